The molecule has 5 heteroatoms. The second kappa shape index (κ2) is 39.3. The number of unbranched alkanes of at least 4 members (excludes halogenated alkanes) is 22. The molecule has 8 aliphatic rings. The molecular weight excluding hydrogens is 1160 g/mol. The molecule has 0 saturated heterocycles. The van der Waals surface area contributed by atoms with Crippen LogP contribution in [0.1, 0.15) is 391 Å². The Kier molecular flexibility index (Phi) is 32.5. The van der Waals surface area contributed by atoms with Crippen molar-refractivity contribution < 1.29 is 23.8 Å². The Bertz CT molecular complexity index is 2200. The largest absolute Gasteiger partial charge is 0.459 e. The predicted molar refractivity (Wildman–Crippen MR) is 404 cm³/mol. The highest BCUT2D eigenvalue weighted by Crippen LogP contribution is 2.70. The van der Waals surface area contributed by atoms with Gasteiger partial charge >= 0.3 is 11.9 Å². The SMILES string of the molecule is CCCCCCCC/C=C\CCCCCCCC(=O)O[C@@H]1CC2=CC[C@H]3[C@@H]4CC[C@H]([C@H](C)CCCC(C)C)[C@@]4(C)CC[C@@H]3[C@@]2(C)CC1OC1C[C@@]2(C)C(=CC[C@H]3[C@@H]4CC[C@H]([C@H](C)CCCC(C)C)[C@@]4(C)CC[C@@H]32)C[C@H]1OC(=O)CCCCCCC/C=C\CCCCCCCC. The Morgan fingerprint density at radius 2 is 0.768 bits per heavy atom. The standard InChI is InChI=1S/C90H154O5/c1-13-15-17-19-21-23-25-27-29-31-33-35-37-39-41-49-85(91)94-81-63-71-51-53-73-77-57-55-75(69(7)47-43-45-67(3)4)87(77,9)61-59-79(73)89(71,11)65-83(81)93-84-66-90(12)72(52-54-74-78-58-56-76(70(8)48-44-46-68(5)6)88(78,10)62-60-80(74)90)64-82(84)95-86(92)50-42-40-38-36-34-32-30-28-26-24-22-20-18-16-14-2/h27-30,51-52,67-70,73-84H,13-26,31-50,53-66H2,1-12H3/b29-27-,30-28-/t69-,70-,73+,74+,75-,76-,77+,78+,79+,80+,81-,82-,83?,84?,87-,88-,89+,90+/m1/s1. The number of esters is 2. The topological polar surface area (TPSA) is 61.8 Å². The molecule has 0 spiro atoms. The zero-order chi connectivity index (χ0) is 67.9. The van der Waals surface area contributed by atoms with Crippen LogP contribution in [-0.2, 0) is 23.8 Å². The van der Waals surface area contributed by atoms with Gasteiger partial charge in [0.2, 0.25) is 0 Å². The first kappa shape index (κ1) is 78.6. The van der Waals surface area contributed by atoms with E-state index >= 15 is 0 Å². The van der Waals surface area contributed by atoms with E-state index in [-0.39, 0.29) is 47.2 Å². The Labute approximate surface area is 588 Å². The van der Waals surface area contributed by atoms with Gasteiger partial charge in [-0.25, -0.2) is 0 Å². The van der Waals surface area contributed by atoms with E-state index in [0.717, 1.165) is 98.7 Å². The highest BCUT2D eigenvalue weighted by atomic mass is 16.6. The van der Waals surface area contributed by atoms with Gasteiger partial charge in [-0.2, -0.15) is 0 Å². The molecule has 18 atom stereocenters. The number of hydrogen-bond donors (Lipinski definition) is 0. The van der Waals surface area contributed by atoms with E-state index in [0.29, 0.717) is 47.3 Å². The second-order valence-corrected chi connectivity index (χ2v) is 36.3. The minimum Gasteiger partial charge on any atom is -0.459 e. The molecule has 0 aromatic carbocycles. The predicted octanol–water partition coefficient (Wildman–Crippen LogP) is 26.9. The number of carbonyl (C=O) groups excluding carboxylic acids is 2. The molecule has 0 amide bonds. The normalized spacial score (nSPS) is 34.1. The Balaban J connectivity index is 0.970. The number of fused-ring (bicyclic) bond motifs is 10. The van der Waals surface area contributed by atoms with Crippen LogP contribution in [0.25, 0.3) is 0 Å². The summed E-state index contributed by atoms with van der Waals surface area (Å²) in [5, 5.41) is 0. The Morgan fingerprint density at radius 1 is 0.421 bits per heavy atom. The van der Waals surface area contributed by atoms with Gasteiger partial charge in [-0.1, -0.05) is 272 Å². The second-order valence-electron chi connectivity index (χ2n) is 36.3. The summed E-state index contributed by atoms with van der Waals surface area (Å²) in [4.78, 5) is 28.9. The van der Waals surface area contributed by atoms with Gasteiger partial charge in [-0.05, 0) is 234 Å². The third kappa shape index (κ3) is 21.5. The van der Waals surface area contributed by atoms with Crippen LogP contribution in [0.2, 0.25) is 0 Å². The van der Waals surface area contributed by atoms with Crippen molar-refractivity contribution in [2.45, 2.75) is 416 Å². The van der Waals surface area contributed by atoms with Gasteiger partial charge in [0.05, 0.1) is 12.2 Å². The molecule has 0 bridgehead atoms. The first-order chi connectivity index (χ1) is 45.9. The molecule has 544 valence electrons. The van der Waals surface area contributed by atoms with E-state index in [4.69, 9.17) is 14.2 Å². The van der Waals surface area contributed by atoms with Crippen LogP contribution in [0.5, 0.6) is 0 Å². The number of carbonyl (C=O) groups is 2. The monoisotopic (exact) mass is 1320 g/mol. The van der Waals surface area contributed by atoms with Crippen molar-refractivity contribution in [1.82, 2.24) is 0 Å². The molecule has 2 unspecified atom stereocenters. The van der Waals surface area contributed by atoms with Gasteiger partial charge in [0.1, 0.15) is 12.2 Å². The van der Waals surface area contributed by atoms with E-state index in [1.54, 1.807) is 11.1 Å². The van der Waals surface area contributed by atoms with Crippen LogP contribution in [0.4, 0.5) is 0 Å². The smallest absolute Gasteiger partial charge is 0.306 e. The van der Waals surface area contributed by atoms with Crippen LogP contribution < -0.4 is 0 Å². The van der Waals surface area contributed by atoms with Crippen molar-refractivity contribution in [1.29, 1.82) is 0 Å². The van der Waals surface area contributed by atoms with Gasteiger partial charge in [0.15, 0.2) is 0 Å². The van der Waals surface area contributed by atoms with E-state index in [1.165, 1.54) is 244 Å². The molecular formula is C90H154O5. The molecule has 95 heavy (non-hydrogen) atoms. The van der Waals surface area contributed by atoms with Crippen molar-refractivity contribution >= 4 is 11.9 Å². The quantitative estimate of drug-likeness (QED) is 0.0346. The fraction of sp³-hybridized carbons (Fsp3) is 0.889. The fourth-order valence-corrected chi connectivity index (χ4v) is 23.2. The van der Waals surface area contributed by atoms with E-state index in [2.05, 4.69) is 120 Å². The average molecular weight is 1320 g/mol. The summed E-state index contributed by atoms with van der Waals surface area (Å²) < 4.78 is 21.9. The molecule has 6 saturated carbocycles. The lowest BCUT2D eigenvalue weighted by Crippen LogP contribution is -2.57. The van der Waals surface area contributed by atoms with Crippen molar-refractivity contribution in [2.24, 2.45) is 92.7 Å². The highest BCUT2D eigenvalue weighted by molar-refractivity contribution is 5.70. The molecule has 0 aromatic rings. The van der Waals surface area contributed by atoms with Gasteiger partial charge in [-0.15, -0.1) is 0 Å². The number of ether oxygens (including phenoxy) is 3. The van der Waals surface area contributed by atoms with E-state index in [9.17, 15) is 9.59 Å². The third-order valence-electron chi connectivity index (χ3n) is 28.8. The van der Waals surface area contributed by atoms with Gasteiger partial charge in [-0.3, -0.25) is 9.59 Å². The maximum absolute atomic E-state index is 14.5. The van der Waals surface area contributed by atoms with Crippen LogP contribution in [0.3, 0.4) is 0 Å². The van der Waals surface area contributed by atoms with Crippen molar-refractivity contribution in [3.8, 4) is 0 Å². The maximum atomic E-state index is 14.5. The average Bonchev–Trinajstić information content (AvgIpc) is 1.71. The molecule has 0 radical (unpaired) electrons. The molecule has 0 heterocycles. The first-order valence-corrected chi connectivity index (χ1v) is 42.6. The van der Waals surface area contributed by atoms with Gasteiger partial charge in [0, 0.05) is 25.7 Å². The van der Waals surface area contributed by atoms with Crippen LogP contribution in [-0.4, -0.2) is 36.4 Å². The van der Waals surface area contributed by atoms with Crippen molar-refractivity contribution in [2.75, 3.05) is 0 Å². The first-order valence-electron chi connectivity index (χ1n) is 42.6. The third-order valence-corrected chi connectivity index (χ3v) is 28.8. The fourth-order valence-electron chi connectivity index (χ4n) is 23.2. The summed E-state index contributed by atoms with van der Waals surface area (Å²) in [7, 11) is 0. The van der Waals surface area contributed by atoms with Crippen LogP contribution in [0, 0.1) is 92.7 Å². The van der Waals surface area contributed by atoms with Crippen molar-refractivity contribution in [3.63, 3.8) is 0 Å². The number of hydrogen-bond acceptors (Lipinski definition) is 5. The highest BCUT2D eigenvalue weighted by Gasteiger charge is 2.63. The number of allylic oxidation sites excluding steroid dienone is 6. The summed E-state index contributed by atoms with van der Waals surface area (Å²) in [5.41, 5.74) is 3.89. The molecule has 0 aliphatic heterocycles. The lowest BCUT2D eigenvalue weighted by atomic mass is 9.46. The van der Waals surface area contributed by atoms with Crippen molar-refractivity contribution in [3.05, 3.63) is 47.6 Å². The van der Waals surface area contributed by atoms with Crippen LogP contribution >= 0.6 is 0 Å². The minimum absolute atomic E-state index is 0.0173. The number of rotatable bonds is 44. The zero-order valence-corrected chi connectivity index (χ0v) is 64.7. The van der Waals surface area contributed by atoms with E-state index < -0.39 is 0 Å². The summed E-state index contributed by atoms with van der Waals surface area (Å²) >= 11 is 0. The molecule has 8 rings (SSSR count). The maximum Gasteiger partial charge on any atom is 0.306 e. The van der Waals surface area contributed by atoms with Crippen LogP contribution in [0.15, 0.2) is 47.6 Å². The summed E-state index contributed by atoms with van der Waals surface area (Å²) in [6, 6.07) is 0. The molecule has 5 nitrogen and oxygen atoms in total. The van der Waals surface area contributed by atoms with Gasteiger partial charge < -0.3 is 14.2 Å². The minimum atomic E-state index is -0.331. The Hall–Kier alpha value is -2.14. The van der Waals surface area contributed by atoms with Gasteiger partial charge in [0.25, 0.3) is 0 Å². The zero-order valence-electron chi connectivity index (χ0n) is 64.7. The lowest BCUT2D eigenvalue weighted by Gasteiger charge is -2.60. The molecule has 0 N–H and O–H groups in total. The lowest BCUT2D eigenvalue weighted by molar-refractivity contribution is -0.198. The Morgan fingerprint density at radius 3 is 1.13 bits per heavy atom. The van der Waals surface area contributed by atoms with E-state index in [1.807, 2.05) is 0 Å². The summed E-state index contributed by atoms with van der Waals surface area (Å²) in [6.07, 6.45) is 71.9. The summed E-state index contributed by atoms with van der Waals surface area (Å²) in [5.74, 6) is 8.85. The molecule has 0 aromatic heterocycles. The molecule has 6 fully saturated rings. The summed E-state index contributed by atoms with van der Waals surface area (Å²) in [6.45, 7) is 30.1. The molecule has 8 aliphatic carbocycles.